The minimum Gasteiger partial charge on any atom is -0.493 e. The van der Waals surface area contributed by atoms with Gasteiger partial charge in [0.1, 0.15) is 17.7 Å². The molecule has 3 heterocycles. The van der Waals surface area contributed by atoms with Gasteiger partial charge in [-0.15, -0.1) is 0 Å². The van der Waals surface area contributed by atoms with Crippen LogP contribution in [0.15, 0.2) is 36.7 Å². The monoisotopic (exact) mass is 389 g/mol. The van der Waals surface area contributed by atoms with Crippen molar-refractivity contribution in [2.75, 3.05) is 26.3 Å². The number of ether oxygens (including phenoxy) is 2. The van der Waals surface area contributed by atoms with Crippen LogP contribution in [0, 0.1) is 11.6 Å². The summed E-state index contributed by atoms with van der Waals surface area (Å²) < 4.78 is 37.5. The van der Waals surface area contributed by atoms with Crippen molar-refractivity contribution in [2.45, 2.75) is 19.1 Å². The van der Waals surface area contributed by atoms with E-state index in [2.05, 4.69) is 25.1 Å². The lowest BCUT2D eigenvalue weighted by atomic mass is 10.2. The molecule has 0 bridgehead atoms. The molecule has 4 rings (SSSR count). The number of hydrogen-bond acceptors (Lipinski definition) is 5. The molecule has 0 unspecified atom stereocenters. The maximum atomic E-state index is 13.2. The van der Waals surface area contributed by atoms with Gasteiger partial charge in [0.15, 0.2) is 11.6 Å². The molecule has 28 heavy (non-hydrogen) atoms. The van der Waals surface area contributed by atoms with Gasteiger partial charge in [-0.2, -0.15) is 5.10 Å². The highest BCUT2D eigenvalue weighted by Gasteiger charge is 2.24. The molecule has 1 aromatic carbocycles. The molecule has 0 saturated carbocycles. The van der Waals surface area contributed by atoms with Gasteiger partial charge in [-0.1, -0.05) is 0 Å². The van der Waals surface area contributed by atoms with Crippen LogP contribution < -0.4 is 4.74 Å². The van der Waals surface area contributed by atoms with Crippen LogP contribution in [0.4, 0.5) is 8.78 Å². The molecule has 0 aliphatic carbocycles. The first-order valence-electron chi connectivity index (χ1n) is 9.11. The maximum absolute atomic E-state index is 13.2. The molecule has 148 valence electrons. The number of morpholine rings is 1. The molecular weight excluding hydrogens is 368 g/mol. The van der Waals surface area contributed by atoms with E-state index < -0.39 is 11.6 Å². The third-order valence-electron chi connectivity index (χ3n) is 4.59. The lowest BCUT2D eigenvalue weighted by Gasteiger charge is -2.31. The number of H-pyrrole nitrogens is 2. The third kappa shape index (κ3) is 4.55. The summed E-state index contributed by atoms with van der Waals surface area (Å²) in [4.78, 5) is 9.65. The molecule has 2 N–H and O–H groups in total. The number of aromatic nitrogens is 4. The minimum atomic E-state index is -0.921. The highest BCUT2D eigenvalue weighted by Crippen LogP contribution is 2.22. The zero-order chi connectivity index (χ0) is 19.3. The van der Waals surface area contributed by atoms with E-state index in [0.717, 1.165) is 49.0 Å². The van der Waals surface area contributed by atoms with Crippen LogP contribution in [0.1, 0.15) is 23.3 Å². The Balaban J connectivity index is 1.29. The molecule has 7 nitrogen and oxygen atoms in total. The summed E-state index contributed by atoms with van der Waals surface area (Å²) in [7, 11) is 0. The molecule has 1 aliphatic heterocycles. The molecule has 3 aromatic rings. The summed E-state index contributed by atoms with van der Waals surface area (Å²) in [6.07, 6.45) is 4.01. The maximum Gasteiger partial charge on any atom is 0.162 e. The van der Waals surface area contributed by atoms with Gasteiger partial charge >= 0.3 is 0 Å². The molecular formula is C19H21F2N5O2. The van der Waals surface area contributed by atoms with Crippen molar-refractivity contribution in [3.8, 4) is 5.75 Å². The molecule has 1 aliphatic rings. The van der Waals surface area contributed by atoms with Crippen molar-refractivity contribution in [1.82, 2.24) is 25.1 Å². The number of rotatable bonds is 7. The van der Waals surface area contributed by atoms with Crippen LogP contribution in [0.5, 0.6) is 5.75 Å². The third-order valence-corrected chi connectivity index (χ3v) is 4.59. The Bertz CT molecular complexity index is 900. The Morgan fingerprint density at radius 2 is 2.18 bits per heavy atom. The SMILES string of the molecule is Fc1ccc(OCCc2cc([C@@H]3CN(Cc4ncc[nH]4)CCO3)n[nH]2)cc1F. The van der Waals surface area contributed by atoms with Gasteiger partial charge in [0, 0.05) is 43.7 Å². The van der Waals surface area contributed by atoms with E-state index in [1.165, 1.54) is 6.07 Å². The fourth-order valence-electron chi connectivity index (χ4n) is 3.14. The fourth-order valence-corrected chi connectivity index (χ4v) is 3.14. The van der Waals surface area contributed by atoms with Crippen molar-refractivity contribution in [3.63, 3.8) is 0 Å². The van der Waals surface area contributed by atoms with E-state index in [0.29, 0.717) is 25.4 Å². The van der Waals surface area contributed by atoms with E-state index in [-0.39, 0.29) is 6.10 Å². The largest absolute Gasteiger partial charge is 0.493 e. The van der Waals surface area contributed by atoms with Gasteiger partial charge in [0.2, 0.25) is 0 Å². The summed E-state index contributed by atoms with van der Waals surface area (Å²) in [5, 5.41) is 7.35. The summed E-state index contributed by atoms with van der Waals surface area (Å²) in [6, 6.07) is 5.45. The fraction of sp³-hybridized carbons (Fsp3) is 0.368. The molecule has 1 saturated heterocycles. The predicted molar refractivity (Wildman–Crippen MR) is 96.7 cm³/mol. The lowest BCUT2D eigenvalue weighted by Crippen LogP contribution is -2.38. The average molecular weight is 389 g/mol. The molecule has 0 amide bonds. The Kier molecular flexibility index (Phi) is 5.63. The molecule has 2 aromatic heterocycles. The normalized spacial score (nSPS) is 17.7. The Morgan fingerprint density at radius 3 is 3.00 bits per heavy atom. The smallest absolute Gasteiger partial charge is 0.162 e. The lowest BCUT2D eigenvalue weighted by molar-refractivity contribution is -0.0356. The van der Waals surface area contributed by atoms with Crippen LogP contribution >= 0.6 is 0 Å². The second kappa shape index (κ2) is 8.49. The summed E-state index contributed by atoms with van der Waals surface area (Å²) >= 11 is 0. The van der Waals surface area contributed by atoms with Crippen molar-refractivity contribution in [3.05, 3.63) is 65.5 Å². The minimum absolute atomic E-state index is 0.110. The second-order valence-corrected chi connectivity index (χ2v) is 6.62. The van der Waals surface area contributed by atoms with Crippen LogP contribution in [-0.4, -0.2) is 51.4 Å². The van der Waals surface area contributed by atoms with Gasteiger partial charge in [-0.05, 0) is 18.2 Å². The standard InChI is InChI=1S/C19H21F2N5O2/c20-15-2-1-14(10-16(15)21)27-7-3-13-9-17(25-24-13)18-11-26(6-8-28-18)12-19-22-4-5-23-19/h1-2,4-5,9-10,18H,3,6-8,11-12H2,(H,22,23)(H,24,25)/t18-/m0/s1. The average Bonchev–Trinajstić information content (AvgIpc) is 3.37. The second-order valence-electron chi connectivity index (χ2n) is 6.62. The van der Waals surface area contributed by atoms with Crippen molar-refractivity contribution >= 4 is 0 Å². The van der Waals surface area contributed by atoms with E-state index in [1.807, 2.05) is 12.3 Å². The van der Waals surface area contributed by atoms with Gasteiger partial charge in [-0.3, -0.25) is 10.00 Å². The zero-order valence-electron chi connectivity index (χ0n) is 15.2. The number of hydrogen-bond donors (Lipinski definition) is 2. The zero-order valence-corrected chi connectivity index (χ0v) is 15.2. The van der Waals surface area contributed by atoms with Crippen LogP contribution in [0.25, 0.3) is 0 Å². The van der Waals surface area contributed by atoms with Crippen LogP contribution in [0.2, 0.25) is 0 Å². The molecule has 9 heteroatoms. The van der Waals surface area contributed by atoms with Gasteiger partial charge in [-0.25, -0.2) is 13.8 Å². The number of imidazole rings is 1. The van der Waals surface area contributed by atoms with E-state index >= 15 is 0 Å². The topological polar surface area (TPSA) is 79.1 Å². The number of halogens is 2. The van der Waals surface area contributed by atoms with Crippen molar-refractivity contribution in [2.24, 2.45) is 0 Å². The summed E-state index contributed by atoms with van der Waals surface area (Å²) in [6.45, 7) is 3.27. The predicted octanol–water partition coefficient (Wildman–Crippen LogP) is 2.61. The first-order valence-corrected chi connectivity index (χ1v) is 9.11. The van der Waals surface area contributed by atoms with Crippen molar-refractivity contribution in [1.29, 1.82) is 0 Å². The summed E-state index contributed by atoms with van der Waals surface area (Å²) in [5.41, 5.74) is 1.73. The highest BCUT2D eigenvalue weighted by atomic mass is 19.2. The molecule has 1 atom stereocenters. The molecule has 0 spiro atoms. The van der Waals surface area contributed by atoms with E-state index in [9.17, 15) is 8.78 Å². The first-order chi connectivity index (χ1) is 13.7. The highest BCUT2D eigenvalue weighted by molar-refractivity contribution is 5.23. The number of nitrogens with one attached hydrogen (secondary N) is 2. The van der Waals surface area contributed by atoms with Crippen molar-refractivity contribution < 1.29 is 18.3 Å². The van der Waals surface area contributed by atoms with Gasteiger partial charge < -0.3 is 14.5 Å². The Morgan fingerprint density at radius 1 is 1.25 bits per heavy atom. The van der Waals surface area contributed by atoms with E-state index in [1.54, 1.807) is 6.20 Å². The van der Waals surface area contributed by atoms with E-state index in [4.69, 9.17) is 9.47 Å². The number of benzene rings is 1. The molecule has 0 radical (unpaired) electrons. The van der Waals surface area contributed by atoms with Gasteiger partial charge in [0.05, 0.1) is 25.5 Å². The van der Waals surface area contributed by atoms with Crippen LogP contribution in [0.3, 0.4) is 0 Å². The number of aromatic amines is 2. The Hall–Kier alpha value is -2.78. The first kappa shape index (κ1) is 18.6. The summed E-state index contributed by atoms with van der Waals surface area (Å²) in [5.74, 6) is -0.588. The van der Waals surface area contributed by atoms with Crippen LogP contribution in [-0.2, 0) is 17.7 Å². The molecule has 1 fully saturated rings. The number of nitrogens with zero attached hydrogens (tertiary/aromatic N) is 3. The quantitative estimate of drug-likeness (QED) is 0.649. The Labute approximate surface area is 160 Å². The van der Waals surface area contributed by atoms with Gasteiger partial charge in [0.25, 0.3) is 0 Å².